The van der Waals surface area contributed by atoms with Gasteiger partial charge in [-0.3, -0.25) is 0 Å². The van der Waals surface area contributed by atoms with E-state index in [-0.39, 0.29) is 6.61 Å². The van der Waals surface area contributed by atoms with Crippen molar-refractivity contribution in [3.8, 4) is 5.75 Å². The van der Waals surface area contributed by atoms with Gasteiger partial charge in [-0.1, -0.05) is 30.3 Å². The second kappa shape index (κ2) is 5.80. The van der Waals surface area contributed by atoms with Crippen LogP contribution in [0.2, 0.25) is 0 Å². The van der Waals surface area contributed by atoms with Crippen LogP contribution >= 0.6 is 0 Å². The highest BCUT2D eigenvalue weighted by molar-refractivity contribution is 5.80. The second-order valence-corrected chi connectivity index (χ2v) is 4.72. The largest absolute Gasteiger partial charge is 0.492 e. The highest BCUT2D eigenvalue weighted by atomic mass is 16.5. The van der Waals surface area contributed by atoms with E-state index in [4.69, 9.17) is 4.74 Å². The van der Waals surface area contributed by atoms with Crippen LogP contribution in [0.1, 0.15) is 5.56 Å². The van der Waals surface area contributed by atoms with Gasteiger partial charge in [0.1, 0.15) is 12.4 Å². The molecular weight excluding hydrogens is 250 g/mol. The first-order valence-corrected chi connectivity index (χ1v) is 6.73. The van der Waals surface area contributed by atoms with E-state index >= 15 is 0 Å². The number of aromatic nitrogens is 1. The van der Waals surface area contributed by atoms with E-state index in [9.17, 15) is 5.11 Å². The summed E-state index contributed by atoms with van der Waals surface area (Å²) in [6.45, 7) is 1.48. The highest BCUT2D eigenvalue weighted by Gasteiger charge is 2.02. The molecule has 0 atom stereocenters. The van der Waals surface area contributed by atoms with Crippen LogP contribution in [-0.2, 0) is 13.2 Å². The Morgan fingerprint density at radius 1 is 1.00 bits per heavy atom. The normalized spacial score (nSPS) is 10.8. The van der Waals surface area contributed by atoms with E-state index < -0.39 is 0 Å². The Balaban J connectivity index is 1.71. The van der Waals surface area contributed by atoms with Crippen molar-refractivity contribution in [3.63, 3.8) is 0 Å². The van der Waals surface area contributed by atoms with Gasteiger partial charge in [0.15, 0.2) is 0 Å². The molecule has 1 aromatic heterocycles. The zero-order valence-corrected chi connectivity index (χ0v) is 11.2. The van der Waals surface area contributed by atoms with Crippen LogP contribution in [-0.4, -0.2) is 16.3 Å². The van der Waals surface area contributed by atoms with Crippen LogP contribution < -0.4 is 4.74 Å². The van der Waals surface area contributed by atoms with Crippen molar-refractivity contribution in [1.82, 2.24) is 4.57 Å². The molecule has 0 aliphatic carbocycles. The predicted molar refractivity (Wildman–Crippen MR) is 79.8 cm³/mol. The van der Waals surface area contributed by atoms with Gasteiger partial charge in [0.2, 0.25) is 0 Å². The maximum atomic E-state index is 9.22. The summed E-state index contributed by atoms with van der Waals surface area (Å²) in [6.07, 6.45) is 2.06. The predicted octanol–water partition coefficient (Wildman–Crippen LogP) is 3.21. The van der Waals surface area contributed by atoms with Gasteiger partial charge in [0, 0.05) is 11.7 Å². The van der Waals surface area contributed by atoms with Crippen molar-refractivity contribution in [2.45, 2.75) is 13.2 Å². The monoisotopic (exact) mass is 267 g/mol. The minimum Gasteiger partial charge on any atom is -0.492 e. The van der Waals surface area contributed by atoms with Gasteiger partial charge < -0.3 is 14.4 Å². The van der Waals surface area contributed by atoms with Crippen LogP contribution in [0.3, 0.4) is 0 Å². The Bertz CT molecular complexity index is 689. The molecular formula is C17H17NO2. The summed E-state index contributed by atoms with van der Waals surface area (Å²) in [6, 6.07) is 17.9. The van der Waals surface area contributed by atoms with Crippen LogP contribution in [0.15, 0.2) is 60.8 Å². The van der Waals surface area contributed by atoms with Crippen LogP contribution in [0.4, 0.5) is 0 Å². The van der Waals surface area contributed by atoms with Gasteiger partial charge in [-0.25, -0.2) is 0 Å². The van der Waals surface area contributed by atoms with Crippen molar-refractivity contribution in [2.24, 2.45) is 0 Å². The molecule has 0 aliphatic rings. The number of aliphatic hydroxyl groups excluding tert-OH is 1. The lowest BCUT2D eigenvalue weighted by molar-refractivity contribution is 0.282. The van der Waals surface area contributed by atoms with E-state index in [1.54, 1.807) is 0 Å². The summed E-state index contributed by atoms with van der Waals surface area (Å²) in [5.74, 6) is 0.889. The Hall–Kier alpha value is -2.26. The zero-order chi connectivity index (χ0) is 13.8. The standard InChI is InChI=1S/C17H17NO2/c19-13-14-6-7-15-8-9-18(17(15)12-14)10-11-20-16-4-2-1-3-5-16/h1-9,12,19H,10-11,13H2. The fraction of sp³-hybridized carbons (Fsp3) is 0.176. The van der Waals surface area contributed by atoms with Crippen LogP contribution in [0.5, 0.6) is 5.75 Å². The van der Waals surface area contributed by atoms with Gasteiger partial charge in [0.25, 0.3) is 0 Å². The molecule has 0 aliphatic heterocycles. The number of nitrogens with zero attached hydrogens (tertiary/aromatic N) is 1. The average Bonchev–Trinajstić information content (AvgIpc) is 2.91. The Kier molecular flexibility index (Phi) is 3.70. The van der Waals surface area contributed by atoms with Gasteiger partial charge in [-0.15, -0.1) is 0 Å². The lowest BCUT2D eigenvalue weighted by Gasteiger charge is -2.08. The van der Waals surface area contributed by atoms with Crippen LogP contribution in [0.25, 0.3) is 10.9 Å². The van der Waals surface area contributed by atoms with Crippen molar-refractivity contribution in [3.05, 3.63) is 66.4 Å². The SMILES string of the molecule is OCc1ccc2ccn(CCOc3ccccc3)c2c1. The molecule has 0 bridgehead atoms. The Morgan fingerprint density at radius 3 is 2.65 bits per heavy atom. The molecule has 3 rings (SSSR count). The molecule has 0 fully saturated rings. The molecule has 3 aromatic rings. The zero-order valence-electron chi connectivity index (χ0n) is 11.2. The first kappa shape index (κ1) is 12.8. The third kappa shape index (κ3) is 2.68. The van der Waals surface area contributed by atoms with Gasteiger partial charge in [-0.2, -0.15) is 0 Å². The average molecular weight is 267 g/mol. The molecule has 1 heterocycles. The van der Waals surface area contributed by atoms with E-state index in [1.165, 1.54) is 5.39 Å². The summed E-state index contributed by atoms with van der Waals surface area (Å²) < 4.78 is 7.86. The second-order valence-electron chi connectivity index (χ2n) is 4.72. The molecule has 0 saturated carbocycles. The van der Waals surface area contributed by atoms with E-state index in [2.05, 4.69) is 16.8 Å². The third-order valence-electron chi connectivity index (χ3n) is 3.37. The first-order valence-electron chi connectivity index (χ1n) is 6.73. The quantitative estimate of drug-likeness (QED) is 0.770. The number of fused-ring (bicyclic) bond motifs is 1. The maximum Gasteiger partial charge on any atom is 0.119 e. The Labute approximate surface area is 118 Å². The molecule has 0 saturated heterocycles. The molecule has 20 heavy (non-hydrogen) atoms. The fourth-order valence-electron chi connectivity index (χ4n) is 2.30. The smallest absolute Gasteiger partial charge is 0.119 e. The molecule has 102 valence electrons. The molecule has 2 aromatic carbocycles. The minimum absolute atomic E-state index is 0.0711. The molecule has 0 amide bonds. The maximum absolute atomic E-state index is 9.22. The summed E-state index contributed by atoms with van der Waals surface area (Å²) in [4.78, 5) is 0. The number of rotatable bonds is 5. The molecule has 3 heteroatoms. The number of hydrogen-bond acceptors (Lipinski definition) is 2. The highest BCUT2D eigenvalue weighted by Crippen LogP contribution is 2.18. The number of hydrogen-bond donors (Lipinski definition) is 1. The number of para-hydroxylation sites is 1. The van der Waals surface area contributed by atoms with Gasteiger partial charge in [-0.05, 0) is 35.2 Å². The summed E-state index contributed by atoms with van der Waals surface area (Å²) in [7, 11) is 0. The summed E-state index contributed by atoms with van der Waals surface area (Å²) in [5.41, 5.74) is 2.06. The van der Waals surface area contributed by atoms with E-state index in [0.29, 0.717) is 6.61 Å². The fourth-order valence-corrected chi connectivity index (χ4v) is 2.30. The Morgan fingerprint density at radius 2 is 1.85 bits per heavy atom. The van der Waals surface area contributed by atoms with Crippen molar-refractivity contribution >= 4 is 10.9 Å². The summed E-state index contributed by atoms with van der Waals surface area (Å²) >= 11 is 0. The van der Waals surface area contributed by atoms with Crippen molar-refractivity contribution < 1.29 is 9.84 Å². The molecule has 0 unspecified atom stereocenters. The summed E-state index contributed by atoms with van der Waals surface area (Å²) in [5, 5.41) is 10.4. The lowest BCUT2D eigenvalue weighted by atomic mass is 10.2. The molecule has 0 spiro atoms. The molecule has 0 radical (unpaired) electrons. The molecule has 3 nitrogen and oxygen atoms in total. The van der Waals surface area contributed by atoms with Gasteiger partial charge >= 0.3 is 0 Å². The van der Waals surface area contributed by atoms with E-state index in [1.807, 2.05) is 48.5 Å². The van der Waals surface area contributed by atoms with Crippen LogP contribution in [0, 0.1) is 0 Å². The minimum atomic E-state index is 0.0711. The third-order valence-corrected chi connectivity index (χ3v) is 3.37. The topological polar surface area (TPSA) is 34.4 Å². The van der Waals surface area contributed by atoms with Gasteiger partial charge in [0.05, 0.1) is 13.2 Å². The number of aliphatic hydroxyl groups is 1. The van der Waals surface area contributed by atoms with Crippen molar-refractivity contribution in [2.75, 3.05) is 6.61 Å². The van der Waals surface area contributed by atoms with Crippen molar-refractivity contribution in [1.29, 1.82) is 0 Å². The molecule has 1 N–H and O–H groups in total. The lowest BCUT2D eigenvalue weighted by Crippen LogP contribution is -2.07. The first-order chi connectivity index (χ1) is 9.86. The number of benzene rings is 2. The number of ether oxygens (including phenoxy) is 1. The van der Waals surface area contributed by atoms with E-state index in [0.717, 1.165) is 23.4 Å².